The summed E-state index contributed by atoms with van der Waals surface area (Å²) in [5, 5.41) is 4.84. The van der Waals surface area contributed by atoms with Crippen molar-refractivity contribution in [2.24, 2.45) is 0 Å². The molecule has 3 heterocycles. The van der Waals surface area contributed by atoms with Gasteiger partial charge in [-0.05, 0) is 12.1 Å². The van der Waals surface area contributed by atoms with E-state index in [1.54, 1.807) is 24.3 Å². The van der Waals surface area contributed by atoms with Gasteiger partial charge in [-0.3, -0.25) is 14.5 Å². The summed E-state index contributed by atoms with van der Waals surface area (Å²) in [6.45, 7) is 0. The van der Waals surface area contributed by atoms with Crippen molar-refractivity contribution < 1.29 is 18.4 Å². The minimum absolute atomic E-state index is 0.0174. The minimum Gasteiger partial charge on any atom is -0.277 e. The number of nitrogens with zero attached hydrogens (tertiary/aromatic N) is 4. The van der Waals surface area contributed by atoms with E-state index in [0.29, 0.717) is 16.6 Å². The lowest BCUT2D eigenvalue weighted by Gasteiger charge is -2.04. The lowest BCUT2D eigenvalue weighted by Crippen LogP contribution is -2.24. The van der Waals surface area contributed by atoms with Crippen molar-refractivity contribution in [1.82, 2.24) is 19.7 Å². The largest absolute Gasteiger partial charge is 0.277 e. The molecular weight excluding hydrogens is 378 g/mol. The van der Waals surface area contributed by atoms with Gasteiger partial charge in [0.05, 0.1) is 16.5 Å². The van der Waals surface area contributed by atoms with Gasteiger partial charge in [-0.2, -0.15) is 5.10 Å². The third-order valence-corrected chi connectivity index (χ3v) is 4.93. The fraction of sp³-hybridized carbons (Fsp3) is 0.0476. The van der Waals surface area contributed by atoms with E-state index in [1.165, 1.54) is 24.0 Å². The predicted molar refractivity (Wildman–Crippen MR) is 101 cm³/mol. The average Bonchev–Trinajstić information content (AvgIpc) is 3.20. The van der Waals surface area contributed by atoms with Crippen molar-refractivity contribution in [3.8, 4) is 16.9 Å². The van der Waals surface area contributed by atoms with Crippen molar-refractivity contribution in [1.29, 1.82) is 0 Å². The van der Waals surface area contributed by atoms with Crippen LogP contribution in [0.15, 0.2) is 54.7 Å². The average molecular weight is 390 g/mol. The molecule has 0 bridgehead atoms. The van der Waals surface area contributed by atoms with Crippen LogP contribution < -0.4 is 0 Å². The van der Waals surface area contributed by atoms with E-state index in [9.17, 15) is 18.4 Å². The van der Waals surface area contributed by atoms with Crippen LogP contribution in [0.4, 0.5) is 8.78 Å². The lowest BCUT2D eigenvalue weighted by atomic mass is 10.0. The van der Waals surface area contributed by atoms with E-state index < -0.39 is 23.4 Å². The molecule has 1 aliphatic heterocycles. The summed E-state index contributed by atoms with van der Waals surface area (Å²) < 4.78 is 29.1. The fourth-order valence-corrected chi connectivity index (χ4v) is 3.53. The molecule has 0 radical (unpaired) electrons. The highest BCUT2D eigenvalue weighted by Gasteiger charge is 2.37. The number of benzene rings is 2. The van der Waals surface area contributed by atoms with Gasteiger partial charge < -0.3 is 0 Å². The highest BCUT2D eigenvalue weighted by atomic mass is 19.1. The Hall–Kier alpha value is -3.94. The third-order valence-electron chi connectivity index (χ3n) is 4.93. The molecule has 0 saturated heterocycles. The van der Waals surface area contributed by atoms with Crippen LogP contribution in [-0.2, 0) is 0 Å². The second kappa shape index (κ2) is 6.03. The Balaban J connectivity index is 1.91. The number of rotatable bonds is 2. The Labute approximate surface area is 163 Å². The number of carbonyl (C=O) groups excluding carboxylic acids is 2. The Morgan fingerprint density at radius 1 is 0.966 bits per heavy atom. The summed E-state index contributed by atoms with van der Waals surface area (Å²) >= 11 is 0. The lowest BCUT2D eigenvalue weighted by molar-refractivity contribution is 0.0693. The molecule has 0 atom stereocenters. The van der Waals surface area contributed by atoms with Gasteiger partial charge in [0.1, 0.15) is 17.2 Å². The molecular formula is C21H12F2N4O2. The minimum atomic E-state index is -0.823. The SMILES string of the molecule is CN1C(=O)c2cnc3c(c(-c4ccccc4)nn3-c3ccc(F)cc3F)c2C1=O. The van der Waals surface area contributed by atoms with E-state index in [4.69, 9.17) is 0 Å². The van der Waals surface area contributed by atoms with Crippen molar-refractivity contribution in [2.75, 3.05) is 7.05 Å². The summed E-state index contributed by atoms with van der Waals surface area (Å²) in [6, 6.07) is 12.1. The van der Waals surface area contributed by atoms with E-state index >= 15 is 0 Å². The predicted octanol–water partition coefficient (Wildman–Crippen LogP) is 3.59. The first-order valence-electron chi connectivity index (χ1n) is 8.72. The van der Waals surface area contributed by atoms with Crippen molar-refractivity contribution in [3.05, 3.63) is 77.5 Å². The third kappa shape index (κ3) is 2.39. The quantitative estimate of drug-likeness (QED) is 0.491. The molecule has 0 unspecified atom stereocenters. The van der Waals surface area contributed by atoms with Crippen LogP contribution in [0.25, 0.3) is 28.0 Å². The van der Waals surface area contributed by atoms with Gasteiger partial charge in [0.25, 0.3) is 11.8 Å². The second-order valence-corrected chi connectivity index (χ2v) is 6.64. The molecule has 0 N–H and O–H groups in total. The summed E-state index contributed by atoms with van der Waals surface area (Å²) in [5.41, 5.74) is 1.58. The topological polar surface area (TPSA) is 68.1 Å². The van der Waals surface area contributed by atoms with Crippen LogP contribution >= 0.6 is 0 Å². The molecule has 8 heteroatoms. The summed E-state index contributed by atoms with van der Waals surface area (Å²) in [5.74, 6) is -2.48. The normalized spacial score (nSPS) is 13.4. The molecule has 5 rings (SSSR count). The molecule has 4 aromatic rings. The number of aromatic nitrogens is 3. The van der Waals surface area contributed by atoms with Gasteiger partial charge in [-0.1, -0.05) is 30.3 Å². The Bertz CT molecular complexity index is 1330. The number of imide groups is 1. The van der Waals surface area contributed by atoms with E-state index in [0.717, 1.165) is 17.0 Å². The molecule has 0 spiro atoms. The van der Waals surface area contributed by atoms with Crippen LogP contribution in [-0.4, -0.2) is 38.5 Å². The van der Waals surface area contributed by atoms with Crippen molar-refractivity contribution in [2.45, 2.75) is 0 Å². The molecule has 2 amide bonds. The highest BCUT2D eigenvalue weighted by Crippen LogP contribution is 2.36. The zero-order valence-corrected chi connectivity index (χ0v) is 15.1. The zero-order valence-electron chi connectivity index (χ0n) is 15.1. The molecule has 0 aliphatic carbocycles. The molecule has 2 aromatic carbocycles. The van der Waals surface area contributed by atoms with Crippen molar-refractivity contribution >= 4 is 22.8 Å². The standard InChI is InChI=1S/C21H12F2N4O2/c1-26-20(28)13-10-24-19-17(16(13)21(26)29)18(11-5-3-2-4-6-11)25-27(19)15-8-7-12(22)9-14(15)23/h2-10H,1H3. The van der Waals surface area contributed by atoms with E-state index in [2.05, 4.69) is 10.1 Å². The Morgan fingerprint density at radius 3 is 2.45 bits per heavy atom. The fourth-order valence-electron chi connectivity index (χ4n) is 3.53. The first-order valence-corrected chi connectivity index (χ1v) is 8.72. The number of halogens is 2. The molecule has 0 saturated carbocycles. The van der Waals surface area contributed by atoms with Gasteiger partial charge in [-0.15, -0.1) is 0 Å². The second-order valence-electron chi connectivity index (χ2n) is 6.64. The molecule has 29 heavy (non-hydrogen) atoms. The van der Waals surface area contributed by atoms with Crippen LogP contribution in [0.5, 0.6) is 0 Å². The molecule has 2 aromatic heterocycles. The number of amides is 2. The monoisotopic (exact) mass is 390 g/mol. The number of hydrogen-bond donors (Lipinski definition) is 0. The number of pyridine rings is 1. The Morgan fingerprint density at radius 2 is 1.72 bits per heavy atom. The summed E-state index contributed by atoms with van der Waals surface area (Å²) in [7, 11) is 1.39. The van der Waals surface area contributed by atoms with Crippen LogP contribution in [0.3, 0.4) is 0 Å². The van der Waals surface area contributed by atoms with Gasteiger partial charge in [-0.25, -0.2) is 18.4 Å². The molecule has 6 nitrogen and oxygen atoms in total. The first kappa shape index (κ1) is 17.2. The zero-order chi connectivity index (χ0) is 20.3. The highest BCUT2D eigenvalue weighted by molar-refractivity contribution is 6.27. The van der Waals surface area contributed by atoms with Gasteiger partial charge in [0.2, 0.25) is 0 Å². The van der Waals surface area contributed by atoms with Crippen molar-refractivity contribution in [3.63, 3.8) is 0 Å². The van der Waals surface area contributed by atoms with Crippen LogP contribution in [0.1, 0.15) is 20.7 Å². The maximum atomic E-state index is 14.5. The molecule has 0 fully saturated rings. The summed E-state index contributed by atoms with van der Waals surface area (Å²) in [4.78, 5) is 30.5. The molecule has 1 aliphatic rings. The molecule has 142 valence electrons. The van der Waals surface area contributed by atoms with Crippen LogP contribution in [0, 0.1) is 11.6 Å². The van der Waals surface area contributed by atoms with E-state index in [1.807, 2.05) is 6.07 Å². The van der Waals surface area contributed by atoms with Gasteiger partial charge in [0, 0.05) is 24.9 Å². The number of hydrogen-bond acceptors (Lipinski definition) is 4. The van der Waals surface area contributed by atoms with Gasteiger partial charge >= 0.3 is 0 Å². The first-order chi connectivity index (χ1) is 14.0. The van der Waals surface area contributed by atoms with Gasteiger partial charge in [0.15, 0.2) is 11.5 Å². The van der Waals surface area contributed by atoms with Crippen LogP contribution in [0.2, 0.25) is 0 Å². The van der Waals surface area contributed by atoms with E-state index in [-0.39, 0.29) is 22.5 Å². The number of carbonyl (C=O) groups is 2. The summed E-state index contributed by atoms with van der Waals surface area (Å²) in [6.07, 6.45) is 1.29. The maximum Gasteiger partial charge on any atom is 0.262 e. The Kier molecular flexibility index (Phi) is 3.57. The maximum absolute atomic E-state index is 14.5. The number of fused-ring (bicyclic) bond motifs is 3. The smallest absolute Gasteiger partial charge is 0.262 e.